The highest BCUT2D eigenvalue weighted by Crippen LogP contribution is 2.27. The Morgan fingerprint density at radius 1 is 1.06 bits per heavy atom. The van der Waals surface area contributed by atoms with Gasteiger partial charge in [0.25, 0.3) is 0 Å². The molecule has 0 aliphatic rings. The second-order valence-corrected chi connectivity index (χ2v) is 9.17. The third-order valence-electron chi connectivity index (χ3n) is 6.16. The van der Waals surface area contributed by atoms with Crippen LogP contribution in [-0.2, 0) is 20.8 Å². The third kappa shape index (κ3) is 6.45. The van der Waals surface area contributed by atoms with Crippen LogP contribution in [0.15, 0.2) is 73.4 Å². The quantitative estimate of drug-likeness (QED) is 0.205. The van der Waals surface area contributed by atoms with Crippen molar-refractivity contribution in [2.24, 2.45) is 23.7 Å². The zero-order valence-corrected chi connectivity index (χ0v) is 20.2. The maximum atomic E-state index is 13.7. The second kappa shape index (κ2) is 12.1. The molecule has 0 aliphatic heterocycles. The van der Waals surface area contributed by atoms with Crippen molar-refractivity contribution in [3.05, 3.63) is 84.6 Å². The number of H-pyrrole nitrogens is 1. The molecule has 7 heteroatoms. The molecule has 3 atom stereocenters. The molecule has 0 unspecified atom stereocenters. The largest absolute Gasteiger partial charge is 0.373 e. The van der Waals surface area contributed by atoms with E-state index in [4.69, 9.17) is 5.90 Å². The van der Waals surface area contributed by atoms with Gasteiger partial charge in [0.15, 0.2) is 5.78 Å². The molecule has 0 bridgehead atoms. The zero-order chi connectivity index (χ0) is 25.4. The van der Waals surface area contributed by atoms with Crippen molar-refractivity contribution in [1.29, 1.82) is 0 Å². The Morgan fingerprint density at radius 2 is 1.74 bits per heavy atom. The summed E-state index contributed by atoms with van der Waals surface area (Å²) in [4.78, 5) is 47.4. The highest BCUT2D eigenvalue weighted by atomic mass is 16.7. The first-order chi connectivity index (χ1) is 16.8. The Bertz CT molecular complexity index is 1170. The van der Waals surface area contributed by atoms with Crippen LogP contribution in [0, 0.1) is 17.8 Å². The molecular weight excluding hydrogens is 442 g/mol. The van der Waals surface area contributed by atoms with Crippen LogP contribution in [0.25, 0.3) is 10.9 Å². The van der Waals surface area contributed by atoms with E-state index in [0.29, 0.717) is 18.4 Å². The van der Waals surface area contributed by atoms with Crippen LogP contribution in [0.3, 0.4) is 0 Å². The van der Waals surface area contributed by atoms with Gasteiger partial charge in [-0.15, -0.1) is 6.58 Å². The number of nitrogens with two attached hydrogens (primary N) is 1. The fourth-order valence-corrected chi connectivity index (χ4v) is 4.45. The van der Waals surface area contributed by atoms with E-state index in [9.17, 15) is 14.4 Å². The molecule has 35 heavy (non-hydrogen) atoms. The maximum Gasteiger partial charge on any atom is 0.328 e. The first-order valence-corrected chi connectivity index (χ1v) is 11.8. The number of carbonyl (C=O) groups excluding carboxylic acids is 3. The van der Waals surface area contributed by atoms with Crippen molar-refractivity contribution in [3.8, 4) is 0 Å². The number of para-hydroxylation sites is 1. The predicted octanol–water partition coefficient (Wildman–Crippen LogP) is 4.35. The van der Waals surface area contributed by atoms with E-state index in [0.717, 1.165) is 16.5 Å². The fraction of sp³-hybridized carbons (Fsp3) is 0.321. The summed E-state index contributed by atoms with van der Waals surface area (Å²) in [5.41, 5.74) is 2.26. The number of aromatic amines is 1. The van der Waals surface area contributed by atoms with E-state index >= 15 is 0 Å². The Morgan fingerprint density at radius 3 is 2.40 bits per heavy atom. The average molecular weight is 476 g/mol. The first kappa shape index (κ1) is 25.9. The monoisotopic (exact) mass is 475 g/mol. The molecule has 1 aromatic heterocycles. The van der Waals surface area contributed by atoms with E-state index in [1.54, 1.807) is 12.3 Å². The van der Waals surface area contributed by atoms with Gasteiger partial charge in [0.1, 0.15) is 0 Å². The van der Waals surface area contributed by atoms with Gasteiger partial charge in [-0.2, -0.15) is 5.90 Å². The van der Waals surface area contributed by atoms with E-state index in [-0.39, 0.29) is 24.0 Å². The minimum atomic E-state index is -0.822. The predicted molar refractivity (Wildman–Crippen MR) is 136 cm³/mol. The summed E-state index contributed by atoms with van der Waals surface area (Å²) in [6, 6.07) is 16.2. The van der Waals surface area contributed by atoms with Gasteiger partial charge >= 0.3 is 5.97 Å². The number of hydrogen-bond acceptors (Lipinski definition) is 5. The molecule has 0 saturated heterocycles. The number of aromatic nitrogens is 1. The molecular formula is C28H33N3O4. The number of rotatable bonds is 12. The molecule has 0 fully saturated rings. The number of Topliss-reactive ketones (excluding diaryl/α,β-unsaturated/α-hetero) is 1. The van der Waals surface area contributed by atoms with Gasteiger partial charge in [-0.3, -0.25) is 14.4 Å². The zero-order valence-electron chi connectivity index (χ0n) is 20.2. The number of fused-ring (bicyclic) bond motifs is 1. The van der Waals surface area contributed by atoms with Gasteiger partial charge in [-0.25, -0.2) is 0 Å². The average Bonchev–Trinajstić information content (AvgIpc) is 3.29. The van der Waals surface area contributed by atoms with Crippen LogP contribution >= 0.6 is 0 Å². The lowest BCUT2D eigenvalue weighted by Crippen LogP contribution is -2.48. The van der Waals surface area contributed by atoms with Crippen molar-refractivity contribution in [3.63, 3.8) is 0 Å². The van der Waals surface area contributed by atoms with Gasteiger partial charge in [0.05, 0.1) is 17.9 Å². The molecule has 184 valence electrons. The SMILES string of the molecule is C=CC[C@H](C(=O)ON)[C@@H](CC(C)C)C(=O)N[C@@H](Cc1ccccc1)C(=O)c1c[nH]c2ccccc12. The third-order valence-corrected chi connectivity index (χ3v) is 6.16. The Balaban J connectivity index is 1.95. The Kier molecular flexibility index (Phi) is 8.98. The minimum Gasteiger partial charge on any atom is -0.373 e. The number of nitrogens with one attached hydrogen (secondary N) is 2. The summed E-state index contributed by atoms with van der Waals surface area (Å²) in [5, 5.41) is 3.75. The number of ketones is 1. The molecule has 7 nitrogen and oxygen atoms in total. The summed E-state index contributed by atoms with van der Waals surface area (Å²) in [6.07, 6.45) is 4.22. The Hall–Kier alpha value is -3.71. The van der Waals surface area contributed by atoms with E-state index < -0.39 is 23.8 Å². The van der Waals surface area contributed by atoms with Gasteiger partial charge in [0, 0.05) is 29.1 Å². The topological polar surface area (TPSA) is 114 Å². The van der Waals surface area contributed by atoms with Crippen molar-refractivity contribution in [1.82, 2.24) is 10.3 Å². The summed E-state index contributed by atoms with van der Waals surface area (Å²) in [7, 11) is 0. The van der Waals surface area contributed by atoms with Crippen LogP contribution in [0.2, 0.25) is 0 Å². The van der Waals surface area contributed by atoms with Crippen LogP contribution in [0.5, 0.6) is 0 Å². The van der Waals surface area contributed by atoms with Crippen molar-refractivity contribution in [2.75, 3.05) is 0 Å². The smallest absolute Gasteiger partial charge is 0.328 e. The highest BCUT2D eigenvalue weighted by molar-refractivity contribution is 6.11. The van der Waals surface area contributed by atoms with Crippen LogP contribution < -0.4 is 11.2 Å². The van der Waals surface area contributed by atoms with Gasteiger partial charge in [-0.05, 0) is 30.4 Å². The normalized spacial score (nSPS) is 13.7. The van der Waals surface area contributed by atoms with Crippen LogP contribution in [-0.4, -0.2) is 28.7 Å². The van der Waals surface area contributed by atoms with Crippen LogP contribution in [0.1, 0.15) is 42.6 Å². The number of hydrogen-bond donors (Lipinski definition) is 3. The molecule has 0 saturated carbocycles. The molecule has 2 aromatic carbocycles. The van der Waals surface area contributed by atoms with Gasteiger partial charge in [0.2, 0.25) is 5.91 Å². The number of amides is 1. The Labute approximate surface area is 205 Å². The van der Waals surface area contributed by atoms with E-state index in [2.05, 4.69) is 21.7 Å². The standard InChI is InChI=1S/C28H33N3O4/c1-4-10-21(28(34)35-29)22(15-18(2)3)27(33)31-25(16-19-11-6-5-7-12-19)26(32)23-17-30-24-14-9-8-13-20(23)24/h4-9,11-14,17-18,21-22,25,30H,1,10,15-16,29H2,2-3H3,(H,31,33)/t21-,22+,25-/m0/s1. The van der Waals surface area contributed by atoms with Crippen molar-refractivity contribution >= 4 is 28.6 Å². The van der Waals surface area contributed by atoms with Crippen LogP contribution in [0.4, 0.5) is 0 Å². The molecule has 1 amide bonds. The van der Waals surface area contributed by atoms with Gasteiger partial charge in [-0.1, -0.05) is 68.5 Å². The highest BCUT2D eigenvalue weighted by Gasteiger charge is 2.36. The lowest BCUT2D eigenvalue weighted by Gasteiger charge is -2.27. The number of carbonyl (C=O) groups is 3. The lowest BCUT2D eigenvalue weighted by molar-refractivity contribution is -0.154. The number of allylic oxidation sites excluding steroid dienone is 1. The molecule has 3 aromatic rings. The second-order valence-electron chi connectivity index (χ2n) is 9.17. The first-order valence-electron chi connectivity index (χ1n) is 11.8. The summed E-state index contributed by atoms with van der Waals surface area (Å²) < 4.78 is 0. The van der Waals surface area contributed by atoms with Crippen molar-refractivity contribution < 1.29 is 19.2 Å². The summed E-state index contributed by atoms with van der Waals surface area (Å²) in [5.74, 6) is 2.52. The molecule has 0 radical (unpaired) electrons. The fourth-order valence-electron chi connectivity index (χ4n) is 4.45. The van der Waals surface area contributed by atoms with E-state index in [1.807, 2.05) is 68.4 Å². The molecule has 1 heterocycles. The van der Waals surface area contributed by atoms with Gasteiger partial charge < -0.3 is 15.1 Å². The lowest BCUT2D eigenvalue weighted by atomic mass is 9.82. The molecule has 3 rings (SSSR count). The van der Waals surface area contributed by atoms with Crippen molar-refractivity contribution in [2.45, 2.75) is 39.2 Å². The molecule has 0 spiro atoms. The maximum absolute atomic E-state index is 13.7. The number of benzene rings is 2. The van der Waals surface area contributed by atoms with E-state index in [1.165, 1.54) is 0 Å². The molecule has 4 N–H and O–H groups in total. The summed E-state index contributed by atoms with van der Waals surface area (Å²) >= 11 is 0. The summed E-state index contributed by atoms with van der Waals surface area (Å²) in [6.45, 7) is 7.65. The minimum absolute atomic E-state index is 0.125. The molecule has 0 aliphatic carbocycles.